The van der Waals surface area contributed by atoms with E-state index in [0.29, 0.717) is 37.1 Å². The molecule has 1 fully saturated rings. The predicted octanol–water partition coefficient (Wildman–Crippen LogP) is 3.86. The van der Waals surface area contributed by atoms with E-state index in [1.165, 1.54) is 18.0 Å². The maximum absolute atomic E-state index is 12.6. The lowest BCUT2D eigenvalue weighted by atomic mass is 10.1. The molecule has 0 atom stereocenters. The number of para-hydroxylation sites is 1. The van der Waals surface area contributed by atoms with Crippen LogP contribution in [-0.4, -0.2) is 42.1 Å². The summed E-state index contributed by atoms with van der Waals surface area (Å²) in [5.74, 6) is -0.00851. The highest BCUT2D eigenvalue weighted by atomic mass is 19.1. The van der Waals surface area contributed by atoms with E-state index in [-0.39, 0.29) is 5.91 Å². The fraction of sp³-hybridized carbons (Fsp3) is 0.300. The summed E-state index contributed by atoms with van der Waals surface area (Å²) in [4.78, 5) is 16.7. The lowest BCUT2D eigenvalue weighted by Crippen LogP contribution is -2.48. The van der Waals surface area contributed by atoms with E-state index >= 15 is 0 Å². The Morgan fingerprint density at radius 1 is 1.27 bits per heavy atom. The molecule has 3 rings (SSSR count). The molecule has 1 aliphatic rings. The summed E-state index contributed by atoms with van der Waals surface area (Å²) >= 11 is 0. The molecule has 0 unspecified atom stereocenters. The molecule has 0 radical (unpaired) electrons. The quantitative estimate of drug-likeness (QED) is 0.780. The molecule has 1 saturated heterocycles. The zero-order chi connectivity index (χ0) is 18.8. The molecule has 1 amide bonds. The van der Waals surface area contributed by atoms with Gasteiger partial charge >= 0.3 is 0 Å². The fourth-order valence-electron chi connectivity index (χ4n) is 2.69. The molecule has 1 aromatic carbocycles. The summed E-state index contributed by atoms with van der Waals surface area (Å²) in [5.41, 5.74) is 2.41. The van der Waals surface area contributed by atoms with Crippen molar-refractivity contribution in [1.82, 2.24) is 10.1 Å². The first-order valence-electron chi connectivity index (χ1n) is 8.56. The summed E-state index contributed by atoms with van der Waals surface area (Å²) < 4.78 is 15.5. The van der Waals surface area contributed by atoms with Crippen LogP contribution in [0, 0.1) is 0 Å². The molecule has 2 heterocycles. The minimum absolute atomic E-state index is 0.00851. The van der Waals surface area contributed by atoms with E-state index in [1.807, 2.05) is 23.1 Å². The Labute approximate surface area is 153 Å². The number of halogens is 1. The van der Waals surface area contributed by atoms with Gasteiger partial charge in [0.2, 0.25) is 0 Å². The van der Waals surface area contributed by atoms with Crippen LogP contribution >= 0.6 is 0 Å². The van der Waals surface area contributed by atoms with Crippen molar-refractivity contribution in [3.8, 4) is 0 Å². The molecule has 1 aliphatic heterocycles. The third kappa shape index (κ3) is 5.05. The molecule has 0 saturated carbocycles. The zero-order valence-electron chi connectivity index (χ0n) is 15.0. The summed E-state index contributed by atoms with van der Waals surface area (Å²) in [6.07, 6.45) is 5.54. The number of allylic oxidation sites excluding steroid dienone is 2. The number of benzene rings is 1. The van der Waals surface area contributed by atoms with Crippen molar-refractivity contribution in [1.29, 1.82) is 0 Å². The number of hydrogen-bond acceptors (Lipinski definition) is 4. The van der Waals surface area contributed by atoms with Gasteiger partial charge in [-0.1, -0.05) is 35.5 Å². The second-order valence-electron chi connectivity index (χ2n) is 5.74. The summed E-state index contributed by atoms with van der Waals surface area (Å²) in [5, 5.41) is 3.88. The van der Waals surface area contributed by atoms with Gasteiger partial charge in [-0.05, 0) is 19.1 Å². The van der Waals surface area contributed by atoms with Gasteiger partial charge in [0.15, 0.2) is 0 Å². The standard InChI is InChI=1S/C17H19N3O2.C3H5F/c1-2-6-16-15(13-22-18-16)17(21)20-11-9-19(10-12-20)14-7-4-3-5-8-14;1-2-3-4/h2-5,7-8,13H,1,6,9-12H2;2-3H,1H3/b;3-2+. The van der Waals surface area contributed by atoms with Crippen LogP contribution in [0.5, 0.6) is 0 Å². The molecule has 1 aromatic heterocycles. The summed E-state index contributed by atoms with van der Waals surface area (Å²) in [7, 11) is 0. The van der Waals surface area contributed by atoms with Gasteiger partial charge in [-0.15, -0.1) is 6.58 Å². The molecular weight excluding hydrogens is 333 g/mol. The molecule has 0 bridgehead atoms. The molecule has 0 spiro atoms. The Bertz CT molecular complexity index is 716. The van der Waals surface area contributed by atoms with Crippen LogP contribution in [0.1, 0.15) is 23.0 Å². The van der Waals surface area contributed by atoms with E-state index in [4.69, 9.17) is 4.52 Å². The van der Waals surface area contributed by atoms with Gasteiger partial charge in [-0.25, -0.2) is 4.39 Å². The van der Waals surface area contributed by atoms with Crippen molar-refractivity contribution in [2.45, 2.75) is 13.3 Å². The van der Waals surface area contributed by atoms with Crippen molar-refractivity contribution in [2.75, 3.05) is 31.1 Å². The molecule has 2 aromatic rings. The fourth-order valence-corrected chi connectivity index (χ4v) is 2.69. The number of rotatable bonds is 4. The molecule has 26 heavy (non-hydrogen) atoms. The van der Waals surface area contributed by atoms with Crippen LogP contribution in [-0.2, 0) is 6.42 Å². The number of carbonyl (C=O) groups is 1. The Morgan fingerprint density at radius 2 is 1.92 bits per heavy atom. The normalized spacial score (nSPS) is 14.1. The second kappa shape index (κ2) is 10.2. The third-order valence-electron chi connectivity index (χ3n) is 4.03. The van der Waals surface area contributed by atoms with E-state index in [0.717, 1.165) is 13.1 Å². The number of nitrogens with zero attached hydrogens (tertiary/aromatic N) is 3. The van der Waals surface area contributed by atoms with Gasteiger partial charge in [-0.2, -0.15) is 0 Å². The van der Waals surface area contributed by atoms with Crippen LogP contribution in [0.25, 0.3) is 0 Å². The van der Waals surface area contributed by atoms with Crippen molar-refractivity contribution >= 4 is 11.6 Å². The molecule has 6 heteroatoms. The first-order chi connectivity index (χ1) is 12.7. The first kappa shape index (κ1) is 19.4. The lowest BCUT2D eigenvalue weighted by Gasteiger charge is -2.36. The van der Waals surface area contributed by atoms with Gasteiger partial charge in [0.25, 0.3) is 5.91 Å². The number of anilines is 1. The number of hydrogen-bond donors (Lipinski definition) is 0. The lowest BCUT2D eigenvalue weighted by molar-refractivity contribution is 0.0745. The Balaban J connectivity index is 0.000000552. The number of amides is 1. The van der Waals surface area contributed by atoms with Gasteiger partial charge in [0.05, 0.1) is 6.33 Å². The van der Waals surface area contributed by atoms with Crippen LogP contribution in [0.3, 0.4) is 0 Å². The largest absolute Gasteiger partial charge is 0.368 e. The van der Waals surface area contributed by atoms with Gasteiger partial charge in [0.1, 0.15) is 17.5 Å². The molecular formula is C20H24FN3O2. The van der Waals surface area contributed by atoms with Crippen molar-refractivity contribution < 1.29 is 13.7 Å². The van der Waals surface area contributed by atoms with Crippen molar-refractivity contribution in [3.63, 3.8) is 0 Å². The van der Waals surface area contributed by atoms with E-state index in [1.54, 1.807) is 13.0 Å². The minimum atomic E-state index is -0.00851. The van der Waals surface area contributed by atoms with Gasteiger partial charge < -0.3 is 14.3 Å². The highest BCUT2D eigenvalue weighted by Crippen LogP contribution is 2.18. The van der Waals surface area contributed by atoms with E-state index in [2.05, 4.69) is 28.8 Å². The SMILES string of the molecule is C/C=C/F.C=CCc1nocc1C(=O)N1CCN(c2ccccc2)CC1. The Kier molecular flexibility index (Phi) is 7.61. The molecule has 138 valence electrons. The molecule has 5 nitrogen and oxygen atoms in total. The Morgan fingerprint density at radius 3 is 2.50 bits per heavy atom. The number of aromatic nitrogens is 1. The highest BCUT2D eigenvalue weighted by molar-refractivity contribution is 5.95. The molecule has 0 aliphatic carbocycles. The maximum atomic E-state index is 12.6. The molecule has 0 N–H and O–H groups in total. The van der Waals surface area contributed by atoms with Crippen LogP contribution < -0.4 is 4.90 Å². The highest BCUT2D eigenvalue weighted by Gasteiger charge is 2.25. The predicted molar refractivity (Wildman–Crippen MR) is 101 cm³/mol. The maximum Gasteiger partial charge on any atom is 0.259 e. The third-order valence-corrected chi connectivity index (χ3v) is 4.03. The minimum Gasteiger partial charge on any atom is -0.368 e. The topological polar surface area (TPSA) is 49.6 Å². The Hall–Kier alpha value is -2.89. The van der Waals surface area contributed by atoms with Gasteiger partial charge in [-0.3, -0.25) is 4.79 Å². The number of carbonyl (C=O) groups excluding carboxylic acids is 1. The van der Waals surface area contributed by atoms with E-state index in [9.17, 15) is 9.18 Å². The average molecular weight is 357 g/mol. The van der Waals surface area contributed by atoms with Crippen LogP contribution in [0.4, 0.5) is 10.1 Å². The first-order valence-corrected chi connectivity index (χ1v) is 8.56. The van der Waals surface area contributed by atoms with E-state index < -0.39 is 0 Å². The number of piperazine rings is 1. The van der Waals surface area contributed by atoms with Gasteiger partial charge in [0, 0.05) is 38.3 Å². The van der Waals surface area contributed by atoms with Crippen molar-refractivity contribution in [2.24, 2.45) is 0 Å². The summed E-state index contributed by atoms with van der Waals surface area (Å²) in [6, 6.07) is 10.3. The summed E-state index contributed by atoms with van der Waals surface area (Å²) in [6.45, 7) is 8.37. The average Bonchev–Trinajstić information content (AvgIpc) is 3.17. The van der Waals surface area contributed by atoms with Crippen molar-refractivity contribution in [3.05, 3.63) is 72.9 Å². The van der Waals surface area contributed by atoms with Crippen LogP contribution in [0.2, 0.25) is 0 Å². The second-order valence-corrected chi connectivity index (χ2v) is 5.74. The van der Waals surface area contributed by atoms with Crippen LogP contribution in [0.15, 0.2) is 66.2 Å². The monoisotopic (exact) mass is 357 g/mol. The zero-order valence-corrected chi connectivity index (χ0v) is 15.0. The smallest absolute Gasteiger partial charge is 0.259 e.